The van der Waals surface area contributed by atoms with Gasteiger partial charge in [-0.3, -0.25) is 14.9 Å². The summed E-state index contributed by atoms with van der Waals surface area (Å²) in [4.78, 5) is 38.7. The molecule has 9 heteroatoms. The first-order valence-electron chi connectivity index (χ1n) is 8.42. The van der Waals surface area contributed by atoms with E-state index in [1.54, 1.807) is 12.3 Å². The van der Waals surface area contributed by atoms with Crippen molar-refractivity contribution in [2.75, 3.05) is 18.5 Å². The Balaban J connectivity index is 1.92. The standard InChI is InChI=1S/C18H21N3O5S/c1-11(2)6-7-19-18-20-14(10-27-18)17(23)26-9-16(22)13-5-4-12(3)15(8-13)21(24)25/h4-5,8,10-11H,6-7,9H2,1-3H3,(H,19,20). The third-order valence-electron chi connectivity index (χ3n) is 3.77. The van der Waals surface area contributed by atoms with E-state index in [9.17, 15) is 19.7 Å². The normalized spacial score (nSPS) is 10.7. The minimum Gasteiger partial charge on any atom is -0.453 e. The number of Topliss-reactive ketones (excluding diaryl/α,β-unsaturated/α-hetero) is 1. The number of carbonyl (C=O) groups is 2. The zero-order valence-electron chi connectivity index (χ0n) is 15.4. The number of ether oxygens (including phenoxy) is 1. The Kier molecular flexibility index (Phi) is 7.00. The number of hydrogen-bond acceptors (Lipinski definition) is 8. The first-order valence-corrected chi connectivity index (χ1v) is 9.30. The van der Waals surface area contributed by atoms with Crippen LogP contribution in [0.2, 0.25) is 0 Å². The maximum Gasteiger partial charge on any atom is 0.358 e. The number of benzene rings is 1. The van der Waals surface area contributed by atoms with Gasteiger partial charge in [0.25, 0.3) is 5.69 Å². The molecule has 144 valence electrons. The van der Waals surface area contributed by atoms with Crippen LogP contribution in [0, 0.1) is 23.0 Å². The number of hydrogen-bond donors (Lipinski definition) is 1. The number of carbonyl (C=O) groups excluding carboxylic acids is 2. The third kappa shape index (κ3) is 5.85. The van der Waals surface area contributed by atoms with Gasteiger partial charge in [0, 0.05) is 29.1 Å². The molecule has 0 saturated carbocycles. The highest BCUT2D eigenvalue weighted by Crippen LogP contribution is 2.20. The number of thiazole rings is 1. The van der Waals surface area contributed by atoms with Crippen LogP contribution in [0.25, 0.3) is 0 Å². The van der Waals surface area contributed by atoms with Crippen LogP contribution >= 0.6 is 11.3 Å². The second-order valence-electron chi connectivity index (χ2n) is 6.40. The molecule has 0 atom stereocenters. The molecule has 0 aliphatic heterocycles. The number of nitro benzene ring substituents is 1. The van der Waals surface area contributed by atoms with Gasteiger partial charge in [-0.05, 0) is 19.3 Å². The van der Waals surface area contributed by atoms with Crippen LogP contribution in [-0.2, 0) is 4.74 Å². The van der Waals surface area contributed by atoms with Gasteiger partial charge in [-0.1, -0.05) is 26.0 Å². The first kappa shape index (κ1) is 20.5. The van der Waals surface area contributed by atoms with Gasteiger partial charge in [0.1, 0.15) is 0 Å². The molecule has 0 radical (unpaired) electrons. The summed E-state index contributed by atoms with van der Waals surface area (Å²) in [5.41, 5.74) is 0.543. The zero-order chi connectivity index (χ0) is 20.0. The van der Waals surface area contributed by atoms with Gasteiger partial charge in [-0.2, -0.15) is 0 Å². The molecule has 0 unspecified atom stereocenters. The highest BCUT2D eigenvalue weighted by Gasteiger charge is 2.18. The molecule has 0 spiro atoms. The van der Waals surface area contributed by atoms with E-state index in [4.69, 9.17) is 4.74 Å². The molecule has 0 saturated heterocycles. The van der Waals surface area contributed by atoms with E-state index in [-0.39, 0.29) is 16.9 Å². The Morgan fingerprint density at radius 2 is 2.11 bits per heavy atom. The van der Waals surface area contributed by atoms with Gasteiger partial charge in [-0.25, -0.2) is 9.78 Å². The SMILES string of the molecule is Cc1ccc(C(=O)COC(=O)c2csc(NCCC(C)C)n2)cc1[N+](=O)[O-]. The van der Waals surface area contributed by atoms with Crippen molar-refractivity contribution in [3.05, 3.63) is 50.5 Å². The van der Waals surface area contributed by atoms with Gasteiger partial charge in [0.15, 0.2) is 17.4 Å². The molecule has 2 aromatic rings. The number of ketones is 1. The fourth-order valence-electron chi connectivity index (χ4n) is 2.18. The Morgan fingerprint density at radius 3 is 2.78 bits per heavy atom. The molecule has 27 heavy (non-hydrogen) atoms. The van der Waals surface area contributed by atoms with E-state index in [1.165, 1.54) is 29.5 Å². The fourth-order valence-corrected chi connectivity index (χ4v) is 2.89. The molecule has 2 rings (SSSR count). The van der Waals surface area contributed by atoms with Crippen LogP contribution in [0.5, 0.6) is 0 Å². The number of esters is 1. The summed E-state index contributed by atoms with van der Waals surface area (Å²) >= 11 is 1.28. The predicted octanol–water partition coefficient (Wildman–Crippen LogP) is 3.86. The van der Waals surface area contributed by atoms with E-state index in [0.717, 1.165) is 13.0 Å². The minimum atomic E-state index is -0.710. The lowest BCUT2D eigenvalue weighted by Gasteiger charge is -2.05. The van der Waals surface area contributed by atoms with Gasteiger partial charge in [0.05, 0.1) is 4.92 Å². The maximum atomic E-state index is 12.1. The fraction of sp³-hybridized carbons (Fsp3) is 0.389. The van der Waals surface area contributed by atoms with Crippen LogP contribution in [0.3, 0.4) is 0 Å². The van der Waals surface area contributed by atoms with Crippen LogP contribution < -0.4 is 5.32 Å². The molecular weight excluding hydrogens is 370 g/mol. The molecule has 0 bridgehead atoms. The van der Waals surface area contributed by atoms with Crippen molar-refractivity contribution in [2.24, 2.45) is 5.92 Å². The van der Waals surface area contributed by atoms with Crippen molar-refractivity contribution in [1.29, 1.82) is 0 Å². The number of nitrogens with one attached hydrogen (secondary N) is 1. The smallest absolute Gasteiger partial charge is 0.358 e. The number of aromatic nitrogens is 1. The number of anilines is 1. The van der Waals surface area contributed by atoms with Crippen molar-refractivity contribution in [3.8, 4) is 0 Å². The lowest BCUT2D eigenvalue weighted by molar-refractivity contribution is -0.385. The topological polar surface area (TPSA) is 111 Å². The van der Waals surface area contributed by atoms with Gasteiger partial charge < -0.3 is 10.1 Å². The number of aryl methyl sites for hydroxylation is 1. The van der Waals surface area contributed by atoms with Crippen molar-refractivity contribution in [2.45, 2.75) is 27.2 Å². The lowest BCUT2D eigenvalue weighted by Crippen LogP contribution is -2.15. The molecule has 1 N–H and O–H groups in total. The van der Waals surface area contributed by atoms with Crippen molar-refractivity contribution < 1.29 is 19.2 Å². The van der Waals surface area contributed by atoms with Gasteiger partial charge >= 0.3 is 5.97 Å². The van der Waals surface area contributed by atoms with Crippen LogP contribution in [0.1, 0.15) is 46.7 Å². The maximum absolute atomic E-state index is 12.1. The molecule has 0 amide bonds. The third-order valence-corrected chi connectivity index (χ3v) is 4.57. The molecule has 1 heterocycles. The second-order valence-corrected chi connectivity index (χ2v) is 7.26. The average molecular weight is 391 g/mol. The lowest BCUT2D eigenvalue weighted by atomic mass is 10.1. The molecule has 0 fully saturated rings. The van der Waals surface area contributed by atoms with E-state index < -0.39 is 23.3 Å². The predicted molar refractivity (Wildman–Crippen MR) is 103 cm³/mol. The summed E-state index contributed by atoms with van der Waals surface area (Å²) < 4.78 is 4.99. The molecule has 1 aromatic carbocycles. The summed E-state index contributed by atoms with van der Waals surface area (Å²) in [7, 11) is 0. The van der Waals surface area contributed by atoms with Crippen LogP contribution in [-0.4, -0.2) is 34.8 Å². The summed E-state index contributed by atoms with van der Waals surface area (Å²) in [5.74, 6) is -0.666. The zero-order valence-corrected chi connectivity index (χ0v) is 16.2. The Morgan fingerprint density at radius 1 is 1.37 bits per heavy atom. The summed E-state index contributed by atoms with van der Waals surface area (Å²) in [6, 6.07) is 4.14. The summed E-state index contributed by atoms with van der Waals surface area (Å²) in [6.45, 7) is 6.07. The van der Waals surface area contributed by atoms with Crippen LogP contribution in [0.15, 0.2) is 23.6 Å². The van der Waals surface area contributed by atoms with E-state index in [1.807, 2.05) is 0 Å². The monoisotopic (exact) mass is 391 g/mol. The largest absolute Gasteiger partial charge is 0.453 e. The average Bonchev–Trinajstić information content (AvgIpc) is 3.08. The Hall–Kier alpha value is -2.81. The Bertz CT molecular complexity index is 847. The molecule has 0 aliphatic carbocycles. The number of rotatable bonds is 9. The highest BCUT2D eigenvalue weighted by molar-refractivity contribution is 7.13. The van der Waals surface area contributed by atoms with Gasteiger partial charge in [-0.15, -0.1) is 11.3 Å². The minimum absolute atomic E-state index is 0.120. The molecule has 1 aromatic heterocycles. The van der Waals surface area contributed by atoms with Crippen molar-refractivity contribution >= 4 is 33.9 Å². The summed E-state index contributed by atoms with van der Waals surface area (Å²) in [6.07, 6.45) is 0.983. The van der Waals surface area contributed by atoms with E-state index >= 15 is 0 Å². The summed E-state index contributed by atoms with van der Waals surface area (Å²) in [5, 5.41) is 16.3. The van der Waals surface area contributed by atoms with Gasteiger partial charge in [0.2, 0.25) is 5.78 Å². The number of nitrogens with zero attached hydrogens (tertiary/aromatic N) is 2. The van der Waals surface area contributed by atoms with Crippen molar-refractivity contribution in [3.63, 3.8) is 0 Å². The Labute approximate surface area is 160 Å². The van der Waals surface area contributed by atoms with Crippen molar-refractivity contribution in [1.82, 2.24) is 4.98 Å². The molecule has 8 nitrogen and oxygen atoms in total. The van der Waals surface area contributed by atoms with Crippen LogP contribution in [0.4, 0.5) is 10.8 Å². The highest BCUT2D eigenvalue weighted by atomic mass is 32.1. The van der Waals surface area contributed by atoms with E-state index in [2.05, 4.69) is 24.1 Å². The molecule has 0 aliphatic rings. The first-order chi connectivity index (χ1) is 12.8. The quantitative estimate of drug-likeness (QED) is 0.299. The second kappa shape index (κ2) is 9.22. The molecular formula is C18H21N3O5S. The number of nitro groups is 1. The van der Waals surface area contributed by atoms with E-state index in [0.29, 0.717) is 16.6 Å².